The van der Waals surface area contributed by atoms with Gasteiger partial charge in [0.1, 0.15) is 23.8 Å². The second-order valence-corrected chi connectivity index (χ2v) is 18.0. The van der Waals surface area contributed by atoms with Gasteiger partial charge in [0.2, 0.25) is 35.3 Å². The predicted molar refractivity (Wildman–Crippen MR) is 246 cm³/mol. The lowest BCUT2D eigenvalue weighted by Crippen LogP contribution is -2.59. The first-order valence-corrected chi connectivity index (χ1v) is 23.7. The monoisotopic (exact) mass is 986 g/mol. The number of hydrogen-bond donors (Lipinski definition) is 8. The summed E-state index contributed by atoms with van der Waals surface area (Å²) in [6.07, 6.45) is 9.45. The molecule has 1 aromatic heterocycles. The Balaban J connectivity index is 0.00000141. The van der Waals surface area contributed by atoms with Crippen molar-refractivity contribution in [3.8, 4) is 0 Å². The quantitative estimate of drug-likeness (QED) is 0.0881. The van der Waals surface area contributed by atoms with Gasteiger partial charge in [0, 0.05) is 39.6 Å². The first kappa shape index (κ1) is 56.1. The van der Waals surface area contributed by atoms with E-state index in [0.29, 0.717) is 18.4 Å². The van der Waals surface area contributed by atoms with Crippen molar-refractivity contribution in [3.05, 3.63) is 60.2 Å². The van der Waals surface area contributed by atoms with Gasteiger partial charge in [-0.25, -0.2) is 9.78 Å². The van der Waals surface area contributed by atoms with Crippen LogP contribution in [0.2, 0.25) is 0 Å². The number of benzene rings is 1. The van der Waals surface area contributed by atoms with E-state index < -0.39 is 96.0 Å². The molecule has 1 aromatic carbocycles. The van der Waals surface area contributed by atoms with Crippen LogP contribution in [0.25, 0.3) is 0 Å². The Morgan fingerprint density at radius 1 is 0.814 bits per heavy atom. The molecule has 7 amide bonds. The Hall–Kier alpha value is -6.52. The van der Waals surface area contributed by atoms with Crippen LogP contribution in [0.15, 0.2) is 48.9 Å². The number of nitrogens with one attached hydrogen (secondary N) is 7. The molecule has 8 N–H and O–H groups in total. The zero-order chi connectivity index (χ0) is 51.4. The first-order valence-electron chi connectivity index (χ1n) is 23.7. The first-order chi connectivity index (χ1) is 33.3. The summed E-state index contributed by atoms with van der Waals surface area (Å²) in [6, 6.07) is 3.86. The SMILES string of the molecule is CCC[C@H](NC(=O)[C@@H]1CNC[C@@H]1NC(=O)[C@H](CC1CCCCC1)NC(=O)[C@@H](NC(=O)c1cnccn1)C1CCCCC1)C(=O)C(=O)NCC(=O)N[C@H](C(=O)N(C)C)c1ccccc1.O=C(O)C(F)(F)F. The van der Waals surface area contributed by atoms with E-state index in [1.807, 2.05) is 0 Å². The molecule has 20 nitrogen and oxygen atoms in total. The van der Waals surface area contributed by atoms with Gasteiger partial charge in [0.15, 0.2) is 0 Å². The third-order valence-electron chi connectivity index (χ3n) is 12.5. The predicted octanol–water partition coefficient (Wildman–Crippen LogP) is 1.86. The van der Waals surface area contributed by atoms with Crippen LogP contribution in [0.4, 0.5) is 13.2 Å². The lowest BCUT2D eigenvalue weighted by molar-refractivity contribution is -0.192. The highest BCUT2D eigenvalue weighted by Crippen LogP contribution is 2.29. The number of hydrogen-bond acceptors (Lipinski definition) is 12. The fourth-order valence-electron chi connectivity index (χ4n) is 8.78. The highest BCUT2D eigenvalue weighted by Gasteiger charge is 2.40. The van der Waals surface area contributed by atoms with Crippen LogP contribution in [0, 0.1) is 17.8 Å². The van der Waals surface area contributed by atoms with Gasteiger partial charge in [0.25, 0.3) is 11.8 Å². The number of carbonyl (C=O) groups is 9. The Labute approximate surface area is 404 Å². The summed E-state index contributed by atoms with van der Waals surface area (Å²) < 4.78 is 31.7. The number of carboxylic acid groups (broad SMARTS) is 1. The minimum absolute atomic E-state index is 0.0821. The number of Topliss-reactive ketones (excluding diaryl/α,β-unsaturated/α-hetero) is 1. The van der Waals surface area contributed by atoms with E-state index in [2.05, 4.69) is 47.2 Å². The number of rotatable bonds is 20. The van der Waals surface area contributed by atoms with E-state index >= 15 is 0 Å². The normalized spacial score (nSPS) is 19.0. The van der Waals surface area contributed by atoms with Crippen LogP contribution in [-0.4, -0.2) is 137 Å². The third kappa shape index (κ3) is 17.5. The molecule has 2 saturated carbocycles. The van der Waals surface area contributed by atoms with Gasteiger partial charge in [-0.05, 0) is 43.1 Å². The Kier molecular flexibility index (Phi) is 22.1. The molecule has 2 heterocycles. The summed E-state index contributed by atoms with van der Waals surface area (Å²) in [5.41, 5.74) is 0.626. The average molecular weight is 987 g/mol. The van der Waals surface area contributed by atoms with Crippen molar-refractivity contribution >= 4 is 53.1 Å². The minimum Gasteiger partial charge on any atom is -0.475 e. The van der Waals surface area contributed by atoms with Crippen molar-refractivity contribution < 1.29 is 61.4 Å². The molecular weight excluding hydrogens is 922 g/mol. The van der Waals surface area contributed by atoms with E-state index in [1.165, 1.54) is 23.5 Å². The third-order valence-corrected chi connectivity index (χ3v) is 12.5. The van der Waals surface area contributed by atoms with Crippen LogP contribution in [-0.2, 0) is 38.4 Å². The molecule has 3 fully saturated rings. The molecule has 0 spiro atoms. The van der Waals surface area contributed by atoms with Crippen LogP contribution in [0.3, 0.4) is 0 Å². The summed E-state index contributed by atoms with van der Waals surface area (Å²) >= 11 is 0. The second-order valence-electron chi connectivity index (χ2n) is 18.0. The summed E-state index contributed by atoms with van der Waals surface area (Å²) in [5, 5.41) is 26.8. The highest BCUT2D eigenvalue weighted by molar-refractivity contribution is 6.38. The van der Waals surface area contributed by atoms with Crippen LogP contribution >= 0.6 is 0 Å². The molecular formula is C47H65F3N10O10. The van der Waals surface area contributed by atoms with E-state index in [0.717, 1.165) is 64.2 Å². The maximum atomic E-state index is 14.2. The molecule has 2 aromatic rings. The molecule has 0 radical (unpaired) electrons. The largest absolute Gasteiger partial charge is 0.490 e. The molecule has 0 unspecified atom stereocenters. The Morgan fingerprint density at radius 2 is 1.46 bits per heavy atom. The number of halogens is 3. The lowest BCUT2D eigenvalue weighted by atomic mass is 9.82. The van der Waals surface area contributed by atoms with E-state index in [4.69, 9.17) is 9.90 Å². The maximum Gasteiger partial charge on any atom is 0.490 e. The molecule has 6 atom stereocenters. The zero-order valence-electron chi connectivity index (χ0n) is 39.6. The topological polar surface area (TPSA) is 287 Å². The van der Waals surface area contributed by atoms with Crippen LogP contribution in [0.5, 0.6) is 0 Å². The Morgan fingerprint density at radius 3 is 2.04 bits per heavy atom. The number of amides is 7. The van der Waals surface area contributed by atoms with Crippen molar-refractivity contribution in [1.29, 1.82) is 0 Å². The van der Waals surface area contributed by atoms with Gasteiger partial charge in [-0.3, -0.25) is 43.3 Å². The number of aliphatic carboxylic acids is 1. The summed E-state index contributed by atoms with van der Waals surface area (Å²) in [4.78, 5) is 126. The van der Waals surface area contributed by atoms with Crippen molar-refractivity contribution in [2.45, 2.75) is 127 Å². The molecule has 1 saturated heterocycles. The number of alkyl halides is 3. The zero-order valence-corrected chi connectivity index (χ0v) is 39.6. The number of carbonyl (C=O) groups excluding carboxylic acids is 8. The summed E-state index contributed by atoms with van der Waals surface area (Å²) in [7, 11) is 3.11. The molecule has 2 aliphatic carbocycles. The fraction of sp³-hybridized carbons (Fsp3) is 0.596. The van der Waals surface area contributed by atoms with Crippen molar-refractivity contribution in [1.82, 2.24) is 52.1 Å². The van der Waals surface area contributed by atoms with Crippen molar-refractivity contribution in [2.75, 3.05) is 33.7 Å². The van der Waals surface area contributed by atoms with Gasteiger partial charge < -0.3 is 47.2 Å². The average Bonchev–Trinajstić information content (AvgIpc) is 3.82. The van der Waals surface area contributed by atoms with E-state index in [9.17, 15) is 51.5 Å². The Bertz CT molecular complexity index is 2110. The number of aromatic nitrogens is 2. The molecule has 23 heteroatoms. The van der Waals surface area contributed by atoms with Crippen molar-refractivity contribution in [2.24, 2.45) is 17.8 Å². The van der Waals surface area contributed by atoms with Gasteiger partial charge >= 0.3 is 12.1 Å². The molecule has 384 valence electrons. The highest BCUT2D eigenvalue weighted by atomic mass is 19.4. The fourth-order valence-corrected chi connectivity index (χ4v) is 8.78. The van der Waals surface area contributed by atoms with Gasteiger partial charge in [-0.2, -0.15) is 13.2 Å². The standard InChI is InChI=1S/C45H64N10O8.C2HF3O2/c1-4-14-32(39(57)44(62)49-27-36(56)53-38(45(63)55(2)3)30-19-12-7-13-20-30)50-40(58)31-24-47-25-34(31)52-41(59)33(23-28-15-8-5-9-16-28)51-43(61)37(29-17-10-6-11-18-29)54-42(60)35-26-46-21-22-48-35;3-2(4,5)1(6)7/h7,12-13,19-22,26,28-29,31-34,37-38,47H,4-6,8-11,14-18,23-25,27H2,1-3H3,(H,49,62)(H,50,58)(H,51,61)(H,52,59)(H,53,56)(H,54,60);(H,6,7)/t31-,32+,33+,34+,37+,38+;/m1./s1. The molecule has 3 aliphatic rings. The maximum absolute atomic E-state index is 14.2. The molecule has 1 aliphatic heterocycles. The minimum atomic E-state index is -5.08. The van der Waals surface area contributed by atoms with Crippen LogP contribution in [0.1, 0.15) is 112 Å². The van der Waals surface area contributed by atoms with Crippen molar-refractivity contribution in [3.63, 3.8) is 0 Å². The number of ketones is 1. The van der Waals surface area contributed by atoms with Crippen LogP contribution < -0.4 is 37.2 Å². The van der Waals surface area contributed by atoms with E-state index in [1.54, 1.807) is 51.4 Å². The second kappa shape index (κ2) is 27.6. The number of nitrogens with zero attached hydrogens (tertiary/aromatic N) is 3. The number of likely N-dealkylation sites (N-methyl/N-ethyl adjacent to an activating group) is 1. The van der Waals surface area contributed by atoms with Gasteiger partial charge in [-0.1, -0.05) is 95.0 Å². The summed E-state index contributed by atoms with van der Waals surface area (Å²) in [6.45, 7) is 1.64. The lowest BCUT2D eigenvalue weighted by Gasteiger charge is -2.33. The number of carboxylic acids is 1. The molecule has 70 heavy (non-hydrogen) atoms. The van der Waals surface area contributed by atoms with Gasteiger partial charge in [-0.15, -0.1) is 0 Å². The molecule has 5 rings (SSSR count). The summed E-state index contributed by atoms with van der Waals surface area (Å²) in [5.74, 6) is -8.58. The molecule has 0 bridgehead atoms. The van der Waals surface area contributed by atoms with Gasteiger partial charge in [0.05, 0.1) is 30.7 Å². The smallest absolute Gasteiger partial charge is 0.475 e. The van der Waals surface area contributed by atoms with E-state index in [-0.39, 0.29) is 42.9 Å².